The number of carbonyl (C=O) groups excluding carboxylic acids is 1. The molecule has 3 aromatic rings. The van der Waals surface area contributed by atoms with Crippen molar-refractivity contribution >= 4 is 50.6 Å². The number of esters is 1. The van der Waals surface area contributed by atoms with Crippen molar-refractivity contribution in [3.63, 3.8) is 0 Å². The first kappa shape index (κ1) is 19.8. The lowest BCUT2D eigenvalue weighted by Gasteiger charge is -2.29. The lowest BCUT2D eigenvalue weighted by Crippen LogP contribution is -2.30. The molecule has 4 rings (SSSR count). The van der Waals surface area contributed by atoms with E-state index in [0.717, 1.165) is 21.4 Å². The summed E-state index contributed by atoms with van der Waals surface area (Å²) in [5.41, 5.74) is 7.03. The summed E-state index contributed by atoms with van der Waals surface area (Å²) in [5, 5.41) is 1.47. The van der Waals surface area contributed by atoms with Gasteiger partial charge in [-0.05, 0) is 36.8 Å². The van der Waals surface area contributed by atoms with Crippen LogP contribution in [0.4, 0.5) is 0 Å². The molecule has 0 bridgehead atoms. The third kappa shape index (κ3) is 3.37. The van der Waals surface area contributed by atoms with Crippen LogP contribution in [0.25, 0.3) is 10.1 Å². The van der Waals surface area contributed by atoms with E-state index in [1.807, 2.05) is 24.3 Å². The van der Waals surface area contributed by atoms with Gasteiger partial charge in [0.1, 0.15) is 11.3 Å². The average molecular weight is 448 g/mol. The minimum absolute atomic E-state index is 0.0446. The minimum atomic E-state index is -0.837. The lowest BCUT2D eigenvalue weighted by molar-refractivity contribution is -0.139. The Morgan fingerprint density at radius 1 is 1.24 bits per heavy atom. The molecule has 0 amide bonds. The second-order valence-electron chi connectivity index (χ2n) is 6.33. The predicted molar refractivity (Wildman–Crippen MR) is 115 cm³/mol. The van der Waals surface area contributed by atoms with Gasteiger partial charge in [-0.1, -0.05) is 52.7 Å². The Bertz CT molecular complexity index is 1240. The maximum atomic E-state index is 13.1. The van der Waals surface area contributed by atoms with Crippen molar-refractivity contribution in [3.8, 4) is 5.75 Å². The van der Waals surface area contributed by atoms with E-state index >= 15 is 0 Å². The second kappa shape index (κ2) is 7.71. The first-order valence-corrected chi connectivity index (χ1v) is 10.3. The van der Waals surface area contributed by atoms with Crippen LogP contribution < -0.4 is 15.2 Å². The molecule has 0 saturated heterocycles. The van der Waals surface area contributed by atoms with Gasteiger partial charge in [-0.2, -0.15) is 0 Å². The molecule has 0 radical (unpaired) electrons. The molecule has 0 unspecified atom stereocenters. The van der Waals surface area contributed by atoms with Crippen LogP contribution in [-0.4, -0.2) is 12.6 Å². The summed E-state index contributed by atoms with van der Waals surface area (Å²) < 4.78 is 11.5. The number of carbonyl (C=O) groups is 1. The highest BCUT2D eigenvalue weighted by atomic mass is 35.5. The number of nitrogens with two attached hydrogens (primary N) is 1. The summed E-state index contributed by atoms with van der Waals surface area (Å²) in [6.07, 6.45) is 0. The zero-order valence-corrected chi connectivity index (χ0v) is 17.5. The molecule has 5 nitrogen and oxygen atoms in total. The molecular formula is C21H15Cl2NO4S. The van der Waals surface area contributed by atoms with Crippen LogP contribution in [0.3, 0.4) is 0 Å². The van der Waals surface area contributed by atoms with E-state index in [2.05, 4.69) is 0 Å². The van der Waals surface area contributed by atoms with Crippen molar-refractivity contribution in [2.45, 2.75) is 12.8 Å². The first-order valence-electron chi connectivity index (χ1n) is 8.77. The second-order valence-corrected chi connectivity index (χ2v) is 8.19. The molecule has 0 spiro atoms. The van der Waals surface area contributed by atoms with Gasteiger partial charge in [0.2, 0.25) is 10.6 Å². The first-order chi connectivity index (χ1) is 13.9. The Balaban J connectivity index is 2.07. The molecule has 0 aliphatic carbocycles. The quantitative estimate of drug-likeness (QED) is 0.581. The lowest BCUT2D eigenvalue weighted by atomic mass is 9.83. The van der Waals surface area contributed by atoms with Crippen molar-refractivity contribution in [2.24, 2.45) is 5.73 Å². The molecule has 29 heavy (non-hydrogen) atoms. The number of benzene rings is 2. The van der Waals surface area contributed by atoms with Crippen molar-refractivity contribution in [3.05, 3.63) is 84.6 Å². The van der Waals surface area contributed by atoms with Gasteiger partial charge in [0, 0.05) is 20.1 Å². The van der Waals surface area contributed by atoms with Gasteiger partial charge in [0.05, 0.1) is 18.1 Å². The van der Waals surface area contributed by atoms with Gasteiger partial charge in [0.15, 0.2) is 0 Å². The van der Waals surface area contributed by atoms with Crippen LogP contribution in [0.2, 0.25) is 10.0 Å². The maximum Gasteiger partial charge on any atom is 0.340 e. The molecule has 1 aromatic heterocycles. The molecule has 1 aliphatic heterocycles. The largest absolute Gasteiger partial charge is 0.462 e. The molecule has 8 heteroatoms. The van der Waals surface area contributed by atoms with E-state index in [1.54, 1.807) is 25.1 Å². The Kier molecular flexibility index (Phi) is 5.25. The van der Waals surface area contributed by atoms with Crippen molar-refractivity contribution in [2.75, 3.05) is 6.61 Å². The van der Waals surface area contributed by atoms with Crippen molar-refractivity contribution in [1.29, 1.82) is 0 Å². The van der Waals surface area contributed by atoms with Crippen LogP contribution in [0, 0.1) is 0 Å². The van der Waals surface area contributed by atoms with Gasteiger partial charge < -0.3 is 15.2 Å². The SMILES string of the molecule is CCOC(=O)C1=C(N)Oc2c(c(=O)sc3ccccc23)[C@@H]1c1ccc(Cl)cc1Cl. The molecule has 0 saturated carbocycles. The molecule has 2 aromatic carbocycles. The van der Waals surface area contributed by atoms with Gasteiger partial charge in [-0.15, -0.1) is 0 Å². The number of ether oxygens (including phenoxy) is 2. The highest BCUT2D eigenvalue weighted by molar-refractivity contribution is 7.16. The van der Waals surface area contributed by atoms with Crippen LogP contribution in [0.1, 0.15) is 24.0 Å². The van der Waals surface area contributed by atoms with E-state index < -0.39 is 11.9 Å². The van der Waals surface area contributed by atoms with E-state index in [0.29, 0.717) is 26.9 Å². The van der Waals surface area contributed by atoms with Crippen molar-refractivity contribution in [1.82, 2.24) is 0 Å². The van der Waals surface area contributed by atoms with Crippen molar-refractivity contribution < 1.29 is 14.3 Å². The molecule has 2 N–H and O–H groups in total. The monoisotopic (exact) mass is 447 g/mol. The summed E-state index contributed by atoms with van der Waals surface area (Å²) in [6.45, 7) is 1.83. The number of fused-ring (bicyclic) bond motifs is 3. The van der Waals surface area contributed by atoms with E-state index in [1.165, 1.54) is 0 Å². The number of hydrogen-bond acceptors (Lipinski definition) is 6. The molecule has 0 fully saturated rings. The summed E-state index contributed by atoms with van der Waals surface area (Å²) in [6, 6.07) is 12.2. The zero-order chi connectivity index (χ0) is 20.7. The van der Waals surface area contributed by atoms with E-state index in [4.69, 9.17) is 38.4 Å². The molecule has 1 aliphatic rings. The standard InChI is InChI=1S/C21H15Cl2NO4S/c1-2-27-20(25)17-15(11-8-7-10(22)9-13(11)23)16-18(28-19(17)24)12-5-3-4-6-14(12)29-21(16)26/h3-9,15H,2,24H2,1H3/t15-/m0/s1. The number of rotatable bonds is 3. The van der Waals surface area contributed by atoms with Gasteiger partial charge in [-0.3, -0.25) is 4.79 Å². The Labute approximate surface area is 180 Å². The fourth-order valence-corrected chi connectivity index (χ4v) is 4.88. The summed E-state index contributed by atoms with van der Waals surface area (Å²) in [4.78, 5) is 25.9. The van der Waals surface area contributed by atoms with E-state index in [-0.39, 0.29) is 22.8 Å². The number of hydrogen-bond donors (Lipinski definition) is 1. The number of halogens is 2. The van der Waals surface area contributed by atoms with Crippen LogP contribution in [-0.2, 0) is 9.53 Å². The van der Waals surface area contributed by atoms with Crippen LogP contribution in [0.5, 0.6) is 5.75 Å². The van der Waals surface area contributed by atoms with E-state index in [9.17, 15) is 9.59 Å². The Morgan fingerprint density at radius 2 is 2.00 bits per heavy atom. The topological polar surface area (TPSA) is 78.6 Å². The smallest absolute Gasteiger partial charge is 0.340 e. The third-order valence-corrected chi connectivity index (χ3v) is 6.17. The average Bonchev–Trinajstić information content (AvgIpc) is 2.67. The highest BCUT2D eigenvalue weighted by Gasteiger charge is 2.39. The van der Waals surface area contributed by atoms with Crippen LogP contribution >= 0.6 is 34.5 Å². The molecule has 148 valence electrons. The predicted octanol–water partition coefficient (Wildman–Crippen LogP) is 4.83. The fourth-order valence-electron chi connectivity index (χ4n) is 3.42. The molecular weight excluding hydrogens is 433 g/mol. The fraction of sp³-hybridized carbons (Fsp3) is 0.143. The molecule has 2 heterocycles. The highest BCUT2D eigenvalue weighted by Crippen LogP contribution is 2.46. The third-order valence-electron chi connectivity index (χ3n) is 4.62. The summed E-state index contributed by atoms with van der Waals surface area (Å²) in [5.74, 6) is -1.29. The summed E-state index contributed by atoms with van der Waals surface area (Å²) >= 11 is 13.6. The zero-order valence-electron chi connectivity index (χ0n) is 15.2. The van der Waals surface area contributed by atoms with Gasteiger partial charge >= 0.3 is 5.97 Å². The minimum Gasteiger partial charge on any atom is -0.462 e. The maximum absolute atomic E-state index is 13.1. The normalized spacial score (nSPS) is 15.8. The Hall–Kier alpha value is -2.54. The molecule has 1 atom stereocenters. The Morgan fingerprint density at radius 3 is 2.72 bits per heavy atom. The summed E-state index contributed by atoms with van der Waals surface area (Å²) in [7, 11) is 0. The van der Waals surface area contributed by atoms with Crippen LogP contribution in [0.15, 0.2) is 58.7 Å². The van der Waals surface area contributed by atoms with Gasteiger partial charge in [0.25, 0.3) is 0 Å². The van der Waals surface area contributed by atoms with Gasteiger partial charge in [-0.25, -0.2) is 4.79 Å².